The van der Waals surface area contributed by atoms with E-state index in [1.54, 1.807) is 10.6 Å². The van der Waals surface area contributed by atoms with Crippen molar-refractivity contribution in [2.24, 2.45) is 0 Å². The van der Waals surface area contributed by atoms with Gasteiger partial charge in [0.2, 0.25) is 0 Å². The molecule has 0 bridgehead atoms. The number of ether oxygens (including phenoxy) is 1. The third-order valence-electron chi connectivity index (χ3n) is 6.59. The Morgan fingerprint density at radius 2 is 1.77 bits per heavy atom. The summed E-state index contributed by atoms with van der Waals surface area (Å²) in [5.74, 6) is 0.876. The number of para-hydroxylation sites is 2. The minimum Gasteiger partial charge on any atom is -0.487 e. The number of piperidine rings is 1. The van der Waals surface area contributed by atoms with Gasteiger partial charge in [0.25, 0.3) is 5.56 Å². The minimum absolute atomic E-state index is 0.0282. The molecule has 2 aromatic carbocycles. The number of aryl methyl sites for hydroxylation is 1. The predicted molar refractivity (Wildman–Crippen MR) is 119 cm³/mol. The maximum Gasteiger partial charge on any atom is 0.329 e. The van der Waals surface area contributed by atoms with Gasteiger partial charge >= 0.3 is 5.69 Å². The van der Waals surface area contributed by atoms with Crippen LogP contribution in [0.3, 0.4) is 0 Å². The molecule has 2 aliphatic heterocycles. The third kappa shape index (κ3) is 3.91. The number of aliphatic hydroxyl groups excluding tert-OH is 1. The number of hydrogen-bond acceptors (Lipinski definition) is 5. The van der Waals surface area contributed by atoms with E-state index in [2.05, 4.69) is 16.0 Å². The number of aromatic amines is 1. The Hall–Kier alpha value is -2.90. The molecule has 7 nitrogen and oxygen atoms in total. The van der Waals surface area contributed by atoms with Crippen molar-refractivity contribution in [3.63, 3.8) is 0 Å². The number of H-pyrrole nitrogens is 1. The molecule has 1 saturated heterocycles. The molecular weight excluding hydrogens is 394 g/mol. The van der Waals surface area contributed by atoms with Crippen LogP contribution in [-0.4, -0.2) is 51.4 Å². The van der Waals surface area contributed by atoms with Gasteiger partial charge in [0.15, 0.2) is 0 Å². The topological polar surface area (TPSA) is 87.6 Å². The molecule has 5 rings (SSSR count). The van der Waals surface area contributed by atoms with Crippen LogP contribution in [0.1, 0.15) is 30.9 Å². The van der Waals surface area contributed by atoms with E-state index >= 15 is 0 Å². The summed E-state index contributed by atoms with van der Waals surface area (Å²) >= 11 is 0. The maximum atomic E-state index is 12.6. The first-order chi connectivity index (χ1) is 15.1. The summed E-state index contributed by atoms with van der Waals surface area (Å²) in [5.41, 5.74) is 1.19. The molecule has 0 amide bonds. The number of rotatable bonds is 4. The molecule has 0 saturated carbocycles. The van der Waals surface area contributed by atoms with Gasteiger partial charge in [-0.05, 0) is 49.4 Å². The van der Waals surface area contributed by atoms with Crippen molar-refractivity contribution < 1.29 is 9.84 Å². The normalized spacial score (nSPS) is 20.9. The first-order valence-electron chi connectivity index (χ1n) is 11.0. The highest BCUT2D eigenvalue weighted by Crippen LogP contribution is 2.29. The van der Waals surface area contributed by atoms with Gasteiger partial charge < -0.3 is 14.7 Å². The number of likely N-dealkylation sites (tertiary alicyclic amines) is 1. The van der Waals surface area contributed by atoms with Crippen molar-refractivity contribution in [3.8, 4) is 5.75 Å². The Morgan fingerprint density at radius 1 is 1.03 bits per heavy atom. The third-order valence-corrected chi connectivity index (χ3v) is 6.59. The van der Waals surface area contributed by atoms with E-state index in [9.17, 15) is 14.7 Å². The van der Waals surface area contributed by atoms with Gasteiger partial charge in [0, 0.05) is 25.7 Å². The average molecular weight is 421 g/mol. The molecule has 0 radical (unpaired) electrons. The molecule has 2 aliphatic rings. The molecule has 1 fully saturated rings. The molecular formula is C24H27N3O4. The lowest BCUT2D eigenvalue weighted by molar-refractivity contribution is -0.00361. The van der Waals surface area contributed by atoms with Crippen molar-refractivity contribution >= 4 is 10.9 Å². The fourth-order valence-corrected chi connectivity index (χ4v) is 4.93. The summed E-state index contributed by atoms with van der Waals surface area (Å²) in [4.78, 5) is 29.4. The van der Waals surface area contributed by atoms with Crippen LogP contribution in [0.2, 0.25) is 0 Å². The molecule has 7 heteroatoms. The van der Waals surface area contributed by atoms with Crippen molar-refractivity contribution in [1.82, 2.24) is 14.5 Å². The average Bonchev–Trinajstić information content (AvgIpc) is 2.80. The Morgan fingerprint density at radius 3 is 2.61 bits per heavy atom. The van der Waals surface area contributed by atoms with Gasteiger partial charge in [-0.2, -0.15) is 0 Å². The number of aromatic nitrogens is 2. The molecule has 1 aromatic heterocycles. The highest BCUT2D eigenvalue weighted by Gasteiger charge is 2.30. The summed E-state index contributed by atoms with van der Waals surface area (Å²) in [7, 11) is 0. The number of β-amino-alcohol motifs (C(OH)–C–C–N with tert-alkyl or cyclic N) is 1. The molecule has 0 spiro atoms. The zero-order valence-electron chi connectivity index (χ0n) is 17.4. The number of nitrogens with one attached hydrogen (secondary N) is 1. The molecule has 162 valence electrons. The fourth-order valence-electron chi connectivity index (χ4n) is 4.93. The van der Waals surface area contributed by atoms with Gasteiger partial charge in [-0.25, -0.2) is 4.79 Å². The second-order valence-electron chi connectivity index (χ2n) is 8.55. The quantitative estimate of drug-likeness (QED) is 0.674. The summed E-state index contributed by atoms with van der Waals surface area (Å²) in [6.07, 6.45) is 2.56. The van der Waals surface area contributed by atoms with E-state index in [4.69, 9.17) is 4.74 Å². The second-order valence-corrected chi connectivity index (χ2v) is 8.55. The molecule has 3 heterocycles. The zero-order chi connectivity index (χ0) is 21.4. The van der Waals surface area contributed by atoms with Crippen LogP contribution >= 0.6 is 0 Å². The van der Waals surface area contributed by atoms with Crippen LogP contribution in [-0.2, 0) is 6.42 Å². The number of fused-ring (bicyclic) bond motifs is 2. The molecule has 31 heavy (non-hydrogen) atoms. The zero-order valence-corrected chi connectivity index (χ0v) is 17.4. The van der Waals surface area contributed by atoms with Crippen LogP contribution < -0.4 is 16.0 Å². The van der Waals surface area contributed by atoms with Gasteiger partial charge in [0.1, 0.15) is 18.0 Å². The summed E-state index contributed by atoms with van der Waals surface area (Å²) < 4.78 is 7.77. The highest BCUT2D eigenvalue weighted by atomic mass is 16.5. The summed E-state index contributed by atoms with van der Waals surface area (Å²) in [5, 5.41) is 11.3. The van der Waals surface area contributed by atoms with E-state index in [1.165, 1.54) is 5.56 Å². The van der Waals surface area contributed by atoms with Crippen LogP contribution in [0.5, 0.6) is 5.75 Å². The highest BCUT2D eigenvalue weighted by molar-refractivity contribution is 5.77. The monoisotopic (exact) mass is 421 g/mol. The number of nitrogens with zero attached hydrogens (tertiary/aromatic N) is 2. The Balaban J connectivity index is 1.24. The molecule has 3 aromatic rings. The number of benzene rings is 2. The second kappa shape index (κ2) is 8.32. The minimum atomic E-state index is -0.554. The van der Waals surface area contributed by atoms with Gasteiger partial charge in [-0.3, -0.25) is 14.3 Å². The molecule has 0 aliphatic carbocycles. The first-order valence-corrected chi connectivity index (χ1v) is 11.0. The van der Waals surface area contributed by atoms with Crippen molar-refractivity contribution in [2.45, 2.75) is 43.9 Å². The van der Waals surface area contributed by atoms with E-state index in [0.29, 0.717) is 17.4 Å². The van der Waals surface area contributed by atoms with Gasteiger partial charge in [-0.1, -0.05) is 30.3 Å². The lowest BCUT2D eigenvalue weighted by atomic mass is 9.98. The van der Waals surface area contributed by atoms with Gasteiger partial charge in [0.05, 0.1) is 10.9 Å². The smallest absolute Gasteiger partial charge is 0.329 e. The van der Waals surface area contributed by atoms with Crippen LogP contribution in [0.4, 0.5) is 0 Å². The standard InChI is InChI=1S/C24H27N3O4/c28-20(22-10-9-16-5-1-4-8-21(16)31-22)15-26-13-11-17(12-14-26)27-19-7-3-2-6-18(19)23(29)25-24(27)30/h1-8,17,20,22,28H,9-15H2,(H,25,29,30)/t20-,22?/m1/s1. The number of aliphatic hydroxyl groups is 1. The molecule has 1 unspecified atom stereocenters. The lowest BCUT2D eigenvalue weighted by Crippen LogP contribution is -2.46. The summed E-state index contributed by atoms with van der Waals surface area (Å²) in [6, 6.07) is 15.3. The molecule has 2 N–H and O–H groups in total. The van der Waals surface area contributed by atoms with E-state index in [0.717, 1.165) is 44.5 Å². The SMILES string of the molecule is O=c1[nH]c(=O)n(C2CCN(C[C@@H](O)C3CCc4ccccc4O3)CC2)c2ccccc12. The van der Waals surface area contributed by atoms with Crippen molar-refractivity contribution in [2.75, 3.05) is 19.6 Å². The first kappa shape index (κ1) is 20.0. The van der Waals surface area contributed by atoms with Crippen molar-refractivity contribution in [1.29, 1.82) is 0 Å². The van der Waals surface area contributed by atoms with Crippen LogP contribution in [0.25, 0.3) is 10.9 Å². The fraction of sp³-hybridized carbons (Fsp3) is 0.417. The van der Waals surface area contributed by atoms with Crippen LogP contribution in [0, 0.1) is 0 Å². The Kier molecular flexibility index (Phi) is 5.38. The lowest BCUT2D eigenvalue weighted by Gasteiger charge is -2.36. The summed E-state index contributed by atoms with van der Waals surface area (Å²) in [6.45, 7) is 2.12. The van der Waals surface area contributed by atoms with E-state index < -0.39 is 6.10 Å². The van der Waals surface area contributed by atoms with E-state index in [-0.39, 0.29) is 23.4 Å². The van der Waals surface area contributed by atoms with E-state index in [1.807, 2.05) is 36.4 Å². The van der Waals surface area contributed by atoms with Gasteiger partial charge in [-0.15, -0.1) is 0 Å². The largest absolute Gasteiger partial charge is 0.487 e. The Labute approximate surface area is 179 Å². The van der Waals surface area contributed by atoms with Crippen LogP contribution in [0.15, 0.2) is 58.1 Å². The Bertz CT molecular complexity index is 1190. The van der Waals surface area contributed by atoms with Crippen molar-refractivity contribution in [3.05, 3.63) is 74.9 Å². The predicted octanol–water partition coefficient (Wildman–Crippen LogP) is 2.08. The maximum absolute atomic E-state index is 12.6. The number of hydrogen-bond donors (Lipinski definition) is 2. The molecule has 2 atom stereocenters.